The number of carboxylic acids is 1. The van der Waals surface area contributed by atoms with E-state index in [1.807, 2.05) is 43.4 Å². The zero-order chi connectivity index (χ0) is 20.1. The molecule has 3 N–H and O–H groups in total. The molecule has 0 aromatic carbocycles. The summed E-state index contributed by atoms with van der Waals surface area (Å²) in [7, 11) is 0. The maximum Gasteiger partial charge on any atom is 0.303 e. The molecule has 1 saturated carbocycles. The van der Waals surface area contributed by atoms with Gasteiger partial charge in [0.05, 0.1) is 12.2 Å². The average Bonchev–Trinajstić information content (AvgIpc) is 2.88. The fourth-order valence-corrected chi connectivity index (χ4v) is 3.10. The molecular formula is C22H32O5. The molecule has 1 fully saturated rings. The molecule has 0 bridgehead atoms. The molecule has 0 unspecified atom stereocenters. The lowest BCUT2D eigenvalue weighted by Crippen LogP contribution is -2.18. The fraction of sp³-hybridized carbons (Fsp3) is 0.545. The summed E-state index contributed by atoms with van der Waals surface area (Å²) in [6.07, 6.45) is 17.2. The van der Waals surface area contributed by atoms with Crippen LogP contribution in [0.3, 0.4) is 0 Å². The lowest BCUT2D eigenvalue weighted by molar-refractivity contribution is -0.136. The summed E-state index contributed by atoms with van der Waals surface area (Å²) in [6.45, 7) is 2.03. The minimum absolute atomic E-state index is 0.0548. The molecule has 0 spiro atoms. The van der Waals surface area contributed by atoms with E-state index in [-0.39, 0.29) is 30.5 Å². The van der Waals surface area contributed by atoms with Crippen molar-refractivity contribution in [3.05, 3.63) is 48.6 Å². The second-order valence-electron chi connectivity index (χ2n) is 6.84. The Morgan fingerprint density at radius 2 is 1.93 bits per heavy atom. The average molecular weight is 376 g/mol. The first-order valence-electron chi connectivity index (χ1n) is 9.69. The Kier molecular flexibility index (Phi) is 11.3. The summed E-state index contributed by atoms with van der Waals surface area (Å²) in [6, 6.07) is 0. The number of allylic oxidation sites excluding steroid dienone is 5. The molecule has 150 valence electrons. The van der Waals surface area contributed by atoms with Crippen molar-refractivity contribution in [3.8, 4) is 0 Å². The third-order valence-electron chi connectivity index (χ3n) is 4.59. The van der Waals surface area contributed by atoms with Crippen molar-refractivity contribution in [2.45, 2.75) is 64.1 Å². The molecular weight excluding hydrogens is 344 g/mol. The Hall–Kier alpha value is -1.98. The molecule has 0 saturated heterocycles. The zero-order valence-electron chi connectivity index (χ0n) is 16.0. The molecule has 1 aliphatic rings. The summed E-state index contributed by atoms with van der Waals surface area (Å²) in [5.41, 5.74) is 0. The highest BCUT2D eigenvalue weighted by atomic mass is 16.4. The Balaban J connectivity index is 2.48. The number of hydrogen-bond donors (Lipinski definition) is 3. The van der Waals surface area contributed by atoms with E-state index >= 15 is 0 Å². The normalized spacial score (nSPS) is 24.9. The van der Waals surface area contributed by atoms with E-state index in [4.69, 9.17) is 5.11 Å². The Morgan fingerprint density at radius 3 is 2.63 bits per heavy atom. The molecule has 0 amide bonds. The smallest absolute Gasteiger partial charge is 0.303 e. The third-order valence-corrected chi connectivity index (χ3v) is 4.59. The van der Waals surface area contributed by atoms with Gasteiger partial charge in [-0.25, -0.2) is 0 Å². The van der Waals surface area contributed by atoms with Crippen molar-refractivity contribution in [2.75, 3.05) is 0 Å². The fourth-order valence-electron chi connectivity index (χ4n) is 3.10. The van der Waals surface area contributed by atoms with E-state index in [1.165, 1.54) is 0 Å². The van der Waals surface area contributed by atoms with Gasteiger partial charge in [-0.15, -0.1) is 0 Å². The van der Waals surface area contributed by atoms with E-state index in [2.05, 4.69) is 0 Å². The minimum Gasteiger partial charge on any atom is -0.481 e. The first-order chi connectivity index (χ1) is 13.0. The quantitative estimate of drug-likeness (QED) is 0.453. The molecule has 27 heavy (non-hydrogen) atoms. The maximum atomic E-state index is 12.1. The topological polar surface area (TPSA) is 94.8 Å². The van der Waals surface area contributed by atoms with Crippen LogP contribution in [0, 0.1) is 11.8 Å². The van der Waals surface area contributed by atoms with E-state index in [1.54, 1.807) is 12.2 Å². The van der Waals surface area contributed by atoms with Crippen LogP contribution in [-0.4, -0.2) is 39.3 Å². The monoisotopic (exact) mass is 376 g/mol. The maximum absolute atomic E-state index is 12.1. The second kappa shape index (κ2) is 13.2. The van der Waals surface area contributed by atoms with Crippen LogP contribution in [0.5, 0.6) is 0 Å². The zero-order valence-corrected chi connectivity index (χ0v) is 16.0. The SMILES string of the molecule is CC/C=C\C[C@H](O)/C=C/[C@@H]1[C@@H](O)CC(=O)[C@@H]1C/C=C\C/C=C\CCC(=O)O. The van der Waals surface area contributed by atoms with Crippen LogP contribution in [0.2, 0.25) is 0 Å². The molecule has 4 atom stereocenters. The van der Waals surface area contributed by atoms with Crippen LogP contribution in [0.25, 0.3) is 0 Å². The highest BCUT2D eigenvalue weighted by Crippen LogP contribution is 2.33. The minimum atomic E-state index is -0.806. The molecule has 0 aromatic rings. The van der Waals surface area contributed by atoms with E-state index in [0.29, 0.717) is 25.7 Å². The van der Waals surface area contributed by atoms with Crippen molar-refractivity contribution in [1.29, 1.82) is 0 Å². The number of ketones is 1. The van der Waals surface area contributed by atoms with Crippen LogP contribution >= 0.6 is 0 Å². The predicted octanol–water partition coefficient (Wildman–Crippen LogP) is 3.58. The molecule has 0 aliphatic heterocycles. The van der Waals surface area contributed by atoms with E-state index in [0.717, 1.165) is 6.42 Å². The first kappa shape index (κ1) is 23.1. The van der Waals surface area contributed by atoms with Gasteiger partial charge in [-0.05, 0) is 32.1 Å². The van der Waals surface area contributed by atoms with Gasteiger partial charge in [0.2, 0.25) is 0 Å². The largest absolute Gasteiger partial charge is 0.481 e. The van der Waals surface area contributed by atoms with Crippen molar-refractivity contribution in [1.82, 2.24) is 0 Å². The van der Waals surface area contributed by atoms with Crippen LogP contribution in [-0.2, 0) is 9.59 Å². The molecule has 5 heteroatoms. The summed E-state index contributed by atoms with van der Waals surface area (Å²) >= 11 is 0. The molecule has 1 rings (SSSR count). The Morgan fingerprint density at radius 1 is 1.19 bits per heavy atom. The number of carbonyl (C=O) groups is 2. The molecule has 0 heterocycles. The lowest BCUT2D eigenvalue weighted by atomic mass is 9.90. The van der Waals surface area contributed by atoms with Gasteiger partial charge in [-0.2, -0.15) is 0 Å². The number of hydrogen-bond acceptors (Lipinski definition) is 4. The lowest BCUT2D eigenvalue weighted by Gasteiger charge is -2.16. The first-order valence-corrected chi connectivity index (χ1v) is 9.69. The molecule has 1 aliphatic carbocycles. The van der Waals surface area contributed by atoms with Gasteiger partial charge >= 0.3 is 5.97 Å². The predicted molar refractivity (Wildman–Crippen MR) is 106 cm³/mol. The molecule has 0 aromatic heterocycles. The summed E-state index contributed by atoms with van der Waals surface area (Å²) in [4.78, 5) is 22.6. The Labute approximate surface area is 161 Å². The van der Waals surface area contributed by atoms with Gasteiger partial charge in [0.15, 0.2) is 0 Å². The number of Topliss-reactive ketones (excluding diaryl/α,β-unsaturated/α-hetero) is 1. The van der Waals surface area contributed by atoms with Crippen molar-refractivity contribution in [2.24, 2.45) is 11.8 Å². The number of aliphatic hydroxyl groups excluding tert-OH is 2. The van der Waals surface area contributed by atoms with Gasteiger partial charge in [0.25, 0.3) is 0 Å². The second-order valence-corrected chi connectivity index (χ2v) is 6.84. The van der Waals surface area contributed by atoms with Gasteiger partial charge in [0.1, 0.15) is 5.78 Å². The van der Waals surface area contributed by atoms with Crippen molar-refractivity contribution >= 4 is 11.8 Å². The van der Waals surface area contributed by atoms with Crippen LogP contribution in [0.15, 0.2) is 48.6 Å². The molecule has 5 nitrogen and oxygen atoms in total. The van der Waals surface area contributed by atoms with Gasteiger partial charge < -0.3 is 15.3 Å². The highest BCUT2D eigenvalue weighted by molar-refractivity contribution is 5.84. The van der Waals surface area contributed by atoms with Crippen LogP contribution in [0.1, 0.15) is 51.9 Å². The highest BCUT2D eigenvalue weighted by Gasteiger charge is 2.39. The van der Waals surface area contributed by atoms with Gasteiger partial charge in [0, 0.05) is 24.7 Å². The van der Waals surface area contributed by atoms with E-state index in [9.17, 15) is 19.8 Å². The summed E-state index contributed by atoms with van der Waals surface area (Å²) in [5, 5.41) is 28.7. The summed E-state index contributed by atoms with van der Waals surface area (Å²) < 4.78 is 0. The number of aliphatic hydroxyl groups is 2. The third kappa shape index (κ3) is 9.50. The van der Waals surface area contributed by atoms with E-state index < -0.39 is 18.2 Å². The van der Waals surface area contributed by atoms with Gasteiger partial charge in [-0.1, -0.05) is 55.5 Å². The van der Waals surface area contributed by atoms with Gasteiger partial charge in [-0.3, -0.25) is 9.59 Å². The molecule has 0 radical (unpaired) electrons. The number of carbonyl (C=O) groups excluding carboxylic acids is 1. The standard InChI is InChI=1S/C22H32O5/c1-2-3-8-11-17(23)14-15-19-18(20(24)16-21(19)25)12-9-6-4-5-7-10-13-22(26)27/h3,5-9,14-15,17-19,21,23,25H,2,4,10-13,16H2,1H3,(H,26,27)/b7-5-,8-3-,9-6-,15-14+/t17-,18+,19-,21-/m0/s1. The van der Waals surface area contributed by atoms with Crippen molar-refractivity contribution in [3.63, 3.8) is 0 Å². The van der Waals surface area contributed by atoms with Crippen LogP contribution < -0.4 is 0 Å². The number of rotatable bonds is 12. The van der Waals surface area contributed by atoms with Crippen LogP contribution in [0.4, 0.5) is 0 Å². The van der Waals surface area contributed by atoms with Crippen molar-refractivity contribution < 1.29 is 24.9 Å². The number of aliphatic carboxylic acids is 1. The Bertz CT molecular complexity index is 573. The summed E-state index contributed by atoms with van der Waals surface area (Å²) in [5.74, 6) is -1.28. The number of carboxylic acid groups (broad SMARTS) is 1.